The van der Waals surface area contributed by atoms with Crippen molar-refractivity contribution in [2.45, 2.75) is 0 Å². The maximum Gasteiger partial charge on any atom is 0.161 e. The van der Waals surface area contributed by atoms with E-state index in [1.54, 1.807) is 0 Å². The van der Waals surface area contributed by atoms with Crippen molar-refractivity contribution in [2.75, 3.05) is 0 Å². The Labute approximate surface area is 362 Å². The highest BCUT2D eigenvalue weighted by molar-refractivity contribution is 6.12. The molecule has 0 amide bonds. The molecule has 5 heteroatoms. The molecule has 0 saturated carbocycles. The summed E-state index contributed by atoms with van der Waals surface area (Å²) in [5.41, 5.74) is 14.9. The van der Waals surface area contributed by atoms with Crippen LogP contribution in [0.25, 0.3) is 122 Å². The Morgan fingerprint density at radius 3 is 1.35 bits per heavy atom. The summed E-state index contributed by atoms with van der Waals surface area (Å²) in [5, 5.41) is 7.02. The second-order valence-electron chi connectivity index (χ2n) is 16.1. The van der Waals surface area contributed by atoms with Crippen LogP contribution in [0.15, 0.2) is 223 Å². The Morgan fingerprint density at radius 2 is 0.762 bits per heavy atom. The van der Waals surface area contributed by atoms with E-state index >= 15 is 0 Å². The van der Waals surface area contributed by atoms with Crippen molar-refractivity contribution >= 4 is 65.6 Å². The van der Waals surface area contributed by atoms with Crippen LogP contribution < -0.4 is 0 Å². The van der Waals surface area contributed by atoms with Gasteiger partial charge < -0.3 is 13.6 Å². The minimum Gasteiger partial charge on any atom is -0.455 e. The van der Waals surface area contributed by atoms with Gasteiger partial charge >= 0.3 is 0 Å². The summed E-state index contributed by atoms with van der Waals surface area (Å²) in [6.45, 7) is 0. The molecule has 0 N–H and O–H groups in total. The summed E-state index contributed by atoms with van der Waals surface area (Å²) in [7, 11) is 0. The number of hydrogen-bond donors (Lipinski definition) is 0. The van der Waals surface area contributed by atoms with Crippen LogP contribution in [-0.4, -0.2) is 19.1 Å². The summed E-state index contributed by atoms with van der Waals surface area (Å²) in [5.74, 6) is 0.635. The van der Waals surface area contributed by atoms with E-state index in [4.69, 9.17) is 14.4 Å². The van der Waals surface area contributed by atoms with Crippen LogP contribution in [-0.2, 0) is 0 Å². The van der Waals surface area contributed by atoms with Gasteiger partial charge in [-0.3, -0.25) is 0 Å². The quantitative estimate of drug-likeness (QED) is 0.168. The van der Waals surface area contributed by atoms with E-state index in [9.17, 15) is 0 Å². The van der Waals surface area contributed by atoms with Crippen molar-refractivity contribution in [2.24, 2.45) is 0 Å². The van der Waals surface area contributed by atoms with Gasteiger partial charge in [0.15, 0.2) is 5.82 Å². The Morgan fingerprint density at radius 1 is 0.317 bits per heavy atom. The topological polar surface area (TPSA) is 48.8 Å². The van der Waals surface area contributed by atoms with Gasteiger partial charge in [-0.15, -0.1) is 0 Å². The van der Waals surface area contributed by atoms with Gasteiger partial charge in [-0.2, -0.15) is 0 Å². The lowest BCUT2D eigenvalue weighted by Crippen LogP contribution is -2.02. The normalized spacial score (nSPS) is 11.8. The zero-order chi connectivity index (χ0) is 41.4. The summed E-state index contributed by atoms with van der Waals surface area (Å²) in [6.07, 6.45) is 0. The molecule has 13 rings (SSSR count). The minimum absolute atomic E-state index is 0.635. The number of furan rings is 1. The van der Waals surface area contributed by atoms with E-state index < -0.39 is 0 Å². The molecule has 0 spiro atoms. The molecule has 9 aromatic carbocycles. The van der Waals surface area contributed by atoms with Crippen LogP contribution in [0, 0.1) is 0 Å². The molecular weight excluding hydrogens is 769 g/mol. The van der Waals surface area contributed by atoms with Gasteiger partial charge in [0.25, 0.3) is 0 Å². The zero-order valence-corrected chi connectivity index (χ0v) is 34.0. The van der Waals surface area contributed by atoms with Crippen molar-refractivity contribution in [1.29, 1.82) is 0 Å². The minimum atomic E-state index is 0.635. The van der Waals surface area contributed by atoms with E-state index in [0.29, 0.717) is 5.82 Å². The number of aromatic nitrogens is 4. The van der Waals surface area contributed by atoms with Crippen LogP contribution in [0.2, 0.25) is 0 Å². The fourth-order valence-electron chi connectivity index (χ4n) is 9.75. The van der Waals surface area contributed by atoms with E-state index in [-0.39, 0.29) is 0 Å². The SMILES string of the molecule is c1ccc(-c2cc(-c3cc(-n4c5ccccc5c5ccccc54)cc(-n4c5ccccc5c5ccccc54)c3)nc(-c3ccccc3-c3cccc4c3oc3ccccc34)n2)cc1. The summed E-state index contributed by atoms with van der Waals surface area (Å²) in [6, 6.07) is 77.3. The lowest BCUT2D eigenvalue weighted by atomic mass is 9.96. The molecule has 0 unspecified atom stereocenters. The average molecular weight is 805 g/mol. The Kier molecular flexibility index (Phi) is 7.84. The van der Waals surface area contributed by atoms with E-state index in [0.717, 1.165) is 94.6 Å². The number of rotatable bonds is 6. The van der Waals surface area contributed by atoms with E-state index in [1.807, 2.05) is 18.2 Å². The molecule has 63 heavy (non-hydrogen) atoms. The van der Waals surface area contributed by atoms with E-state index in [2.05, 4.69) is 209 Å². The smallest absolute Gasteiger partial charge is 0.161 e. The molecule has 0 fully saturated rings. The molecule has 13 aromatic rings. The first-order valence-corrected chi connectivity index (χ1v) is 21.3. The summed E-state index contributed by atoms with van der Waals surface area (Å²) < 4.78 is 11.4. The first-order valence-electron chi connectivity index (χ1n) is 21.3. The predicted molar refractivity (Wildman–Crippen MR) is 260 cm³/mol. The maximum atomic E-state index is 6.59. The van der Waals surface area contributed by atoms with Crippen LogP contribution >= 0.6 is 0 Å². The van der Waals surface area contributed by atoms with Crippen molar-refractivity contribution < 1.29 is 4.42 Å². The molecule has 0 bridgehead atoms. The standard InChI is InChI=1S/C58H36N4O/c1-2-17-37(18-3-1)50-36-51(60-58(59-50)49-25-5-4-19-41(49)47-26-16-27-48-46-24-10-15-32-56(46)63-57(47)48)38-33-39(61-52-28-11-6-20-42(52)43-21-7-12-29-53(43)61)35-40(34-38)62-54-30-13-8-22-44(54)45-23-9-14-31-55(45)62/h1-36H. The Bertz CT molecular complexity index is 3690. The lowest BCUT2D eigenvalue weighted by Gasteiger charge is -2.17. The van der Waals surface area contributed by atoms with Gasteiger partial charge in [0.2, 0.25) is 0 Å². The number of hydrogen-bond acceptors (Lipinski definition) is 3. The fourth-order valence-corrected chi connectivity index (χ4v) is 9.75. The highest BCUT2D eigenvalue weighted by atomic mass is 16.3. The number of para-hydroxylation sites is 6. The number of fused-ring (bicyclic) bond motifs is 9. The highest BCUT2D eigenvalue weighted by Gasteiger charge is 2.21. The second-order valence-corrected chi connectivity index (χ2v) is 16.1. The van der Waals surface area contributed by atoms with Crippen LogP contribution in [0.1, 0.15) is 0 Å². The number of benzene rings is 9. The van der Waals surface area contributed by atoms with Gasteiger partial charge in [-0.1, -0.05) is 164 Å². The summed E-state index contributed by atoms with van der Waals surface area (Å²) in [4.78, 5) is 10.9. The predicted octanol–water partition coefficient (Wildman–Crippen LogP) is 15.2. The molecule has 0 aliphatic heterocycles. The molecule has 4 aromatic heterocycles. The molecule has 4 heterocycles. The van der Waals surface area contributed by atoms with Gasteiger partial charge in [-0.25, -0.2) is 9.97 Å². The van der Waals surface area contributed by atoms with Crippen LogP contribution in [0.5, 0.6) is 0 Å². The third-order valence-corrected chi connectivity index (χ3v) is 12.5. The van der Waals surface area contributed by atoms with Crippen molar-refractivity contribution in [3.8, 4) is 56.4 Å². The van der Waals surface area contributed by atoms with Gasteiger partial charge in [0, 0.05) is 65.9 Å². The lowest BCUT2D eigenvalue weighted by molar-refractivity contribution is 0.670. The van der Waals surface area contributed by atoms with Gasteiger partial charge in [0.05, 0.1) is 33.5 Å². The molecule has 0 radical (unpaired) electrons. The first-order chi connectivity index (χ1) is 31.2. The molecular formula is C58H36N4O. The van der Waals surface area contributed by atoms with E-state index in [1.165, 1.54) is 21.5 Å². The van der Waals surface area contributed by atoms with Gasteiger partial charge in [0.1, 0.15) is 11.2 Å². The number of nitrogens with zero attached hydrogens (tertiary/aromatic N) is 4. The molecule has 0 atom stereocenters. The molecule has 0 saturated heterocycles. The second kappa shape index (κ2) is 14.0. The Balaban J connectivity index is 1.10. The third-order valence-electron chi connectivity index (χ3n) is 12.5. The maximum absolute atomic E-state index is 6.59. The third kappa shape index (κ3) is 5.57. The largest absolute Gasteiger partial charge is 0.455 e. The van der Waals surface area contributed by atoms with Crippen molar-refractivity contribution in [1.82, 2.24) is 19.1 Å². The van der Waals surface area contributed by atoms with Crippen molar-refractivity contribution in [3.05, 3.63) is 218 Å². The molecule has 5 nitrogen and oxygen atoms in total. The monoisotopic (exact) mass is 804 g/mol. The Hall–Kier alpha value is -8.54. The summed E-state index contributed by atoms with van der Waals surface area (Å²) >= 11 is 0. The molecule has 0 aliphatic rings. The zero-order valence-electron chi connectivity index (χ0n) is 34.0. The molecule has 0 aliphatic carbocycles. The fraction of sp³-hybridized carbons (Fsp3) is 0. The van der Waals surface area contributed by atoms with Gasteiger partial charge in [-0.05, 0) is 60.2 Å². The highest BCUT2D eigenvalue weighted by Crippen LogP contribution is 2.42. The first kappa shape index (κ1) is 35.2. The van der Waals surface area contributed by atoms with Crippen molar-refractivity contribution in [3.63, 3.8) is 0 Å². The van der Waals surface area contributed by atoms with Crippen LogP contribution in [0.4, 0.5) is 0 Å². The molecule has 294 valence electrons. The average Bonchev–Trinajstić information content (AvgIpc) is 4.02. The van der Waals surface area contributed by atoms with Crippen LogP contribution in [0.3, 0.4) is 0 Å².